The van der Waals surface area contributed by atoms with Crippen LogP contribution in [0.25, 0.3) is 10.8 Å². The van der Waals surface area contributed by atoms with Gasteiger partial charge in [0.25, 0.3) is 0 Å². The van der Waals surface area contributed by atoms with Crippen LogP contribution in [0.5, 0.6) is 0 Å². The summed E-state index contributed by atoms with van der Waals surface area (Å²) in [4.78, 5) is 0. The molecule has 1 nitrogen and oxygen atoms in total. The average molecular weight is 371 g/mol. The zero-order chi connectivity index (χ0) is 19.4. The first-order chi connectivity index (χ1) is 12.8. The molecule has 0 amide bonds. The second-order valence-corrected chi connectivity index (χ2v) is 7.09. The lowest BCUT2D eigenvalue weighted by molar-refractivity contribution is -0.137. The van der Waals surface area contributed by atoms with Crippen LogP contribution in [0.4, 0.5) is 13.2 Å². The van der Waals surface area contributed by atoms with E-state index in [0.29, 0.717) is 6.42 Å². The van der Waals surface area contributed by atoms with Crippen molar-refractivity contribution in [2.24, 2.45) is 0 Å². The quantitative estimate of drug-likeness (QED) is 0.519. The zero-order valence-electron chi connectivity index (χ0n) is 15.6. The fourth-order valence-corrected chi connectivity index (χ4v) is 3.51. The van der Waals surface area contributed by atoms with Crippen molar-refractivity contribution >= 4 is 10.8 Å². The van der Waals surface area contributed by atoms with Crippen LogP contribution in [-0.2, 0) is 12.6 Å². The molecule has 0 aliphatic heterocycles. The maximum atomic E-state index is 12.8. The van der Waals surface area contributed by atoms with Crippen molar-refractivity contribution in [3.63, 3.8) is 0 Å². The fourth-order valence-electron chi connectivity index (χ4n) is 3.51. The van der Waals surface area contributed by atoms with Crippen LogP contribution < -0.4 is 5.32 Å². The summed E-state index contributed by atoms with van der Waals surface area (Å²) in [5, 5.41) is 6.02. The molecule has 0 aromatic heterocycles. The van der Waals surface area contributed by atoms with Gasteiger partial charge in [-0.25, -0.2) is 0 Å². The van der Waals surface area contributed by atoms with Crippen LogP contribution >= 0.6 is 0 Å². The summed E-state index contributed by atoms with van der Waals surface area (Å²) in [5.74, 6) is 0. The van der Waals surface area contributed by atoms with E-state index in [1.54, 1.807) is 6.07 Å². The Hall–Kier alpha value is -2.33. The van der Waals surface area contributed by atoms with Gasteiger partial charge in [-0.3, -0.25) is 0 Å². The summed E-state index contributed by atoms with van der Waals surface area (Å²) in [7, 11) is 0. The van der Waals surface area contributed by atoms with E-state index >= 15 is 0 Å². The van der Waals surface area contributed by atoms with Crippen LogP contribution in [0.3, 0.4) is 0 Å². The van der Waals surface area contributed by atoms with Gasteiger partial charge in [0.05, 0.1) is 5.56 Å². The number of benzene rings is 3. The van der Waals surface area contributed by atoms with Gasteiger partial charge < -0.3 is 5.32 Å². The van der Waals surface area contributed by atoms with Gasteiger partial charge in [-0.2, -0.15) is 13.2 Å². The molecule has 0 heterocycles. The van der Waals surface area contributed by atoms with Gasteiger partial charge in [0, 0.05) is 12.1 Å². The van der Waals surface area contributed by atoms with E-state index in [4.69, 9.17) is 0 Å². The normalized spacial score (nSPS) is 14.3. The smallest absolute Gasteiger partial charge is 0.308 e. The number of fused-ring (bicyclic) bond motifs is 1. The molecule has 1 N–H and O–H groups in total. The number of aryl methyl sites for hydroxylation is 1. The van der Waals surface area contributed by atoms with Gasteiger partial charge >= 0.3 is 6.18 Å². The molecule has 1 unspecified atom stereocenters. The summed E-state index contributed by atoms with van der Waals surface area (Å²) in [6, 6.07) is 20.5. The topological polar surface area (TPSA) is 12.0 Å². The minimum absolute atomic E-state index is 0.160. The third kappa shape index (κ3) is 4.89. The van der Waals surface area contributed by atoms with E-state index in [2.05, 4.69) is 49.5 Å². The lowest BCUT2D eigenvalue weighted by Crippen LogP contribution is -2.29. The SMILES string of the molecule is CC(CCc1cccc(C(F)(F)F)c1)N[C@H](C)c1cccc2ccccc12. The Morgan fingerprint density at radius 3 is 2.37 bits per heavy atom. The van der Waals surface area contributed by atoms with Gasteiger partial charge in [-0.05, 0) is 54.7 Å². The van der Waals surface area contributed by atoms with Crippen molar-refractivity contribution in [1.29, 1.82) is 0 Å². The molecule has 27 heavy (non-hydrogen) atoms. The Kier molecular flexibility index (Phi) is 5.85. The Balaban J connectivity index is 1.63. The van der Waals surface area contributed by atoms with Crippen molar-refractivity contribution in [2.45, 2.75) is 44.9 Å². The van der Waals surface area contributed by atoms with E-state index in [-0.39, 0.29) is 12.1 Å². The molecule has 0 saturated carbocycles. The molecule has 3 aromatic carbocycles. The maximum absolute atomic E-state index is 12.8. The standard InChI is InChI=1S/C23H24F3N/c1-16(13-14-18-7-5-10-20(15-18)23(24,25)26)27-17(2)21-12-6-9-19-8-3-4-11-22(19)21/h3-12,15-17,27H,13-14H2,1-2H3/t16?,17-/m1/s1. The van der Waals surface area contributed by atoms with Gasteiger partial charge in [0.15, 0.2) is 0 Å². The summed E-state index contributed by atoms with van der Waals surface area (Å²) >= 11 is 0. The number of nitrogens with one attached hydrogen (secondary N) is 1. The number of halogens is 3. The molecule has 0 radical (unpaired) electrons. The van der Waals surface area contributed by atoms with Crippen molar-refractivity contribution in [2.75, 3.05) is 0 Å². The largest absolute Gasteiger partial charge is 0.416 e. The monoisotopic (exact) mass is 371 g/mol. The van der Waals surface area contributed by atoms with Crippen LogP contribution in [-0.4, -0.2) is 6.04 Å². The third-order valence-corrected chi connectivity index (χ3v) is 4.94. The third-order valence-electron chi connectivity index (χ3n) is 4.94. The molecular weight excluding hydrogens is 347 g/mol. The molecule has 2 atom stereocenters. The highest BCUT2D eigenvalue weighted by molar-refractivity contribution is 5.86. The second-order valence-electron chi connectivity index (χ2n) is 7.09. The average Bonchev–Trinajstić information content (AvgIpc) is 2.65. The van der Waals surface area contributed by atoms with E-state index in [1.807, 2.05) is 12.1 Å². The van der Waals surface area contributed by atoms with Gasteiger partial charge in [-0.1, -0.05) is 60.7 Å². The number of hydrogen-bond donors (Lipinski definition) is 1. The van der Waals surface area contributed by atoms with Crippen LogP contribution in [0.1, 0.15) is 43.0 Å². The summed E-state index contributed by atoms with van der Waals surface area (Å²) in [6.45, 7) is 4.21. The molecular formula is C23H24F3N. The highest BCUT2D eigenvalue weighted by Gasteiger charge is 2.30. The Morgan fingerprint density at radius 1 is 0.889 bits per heavy atom. The predicted molar refractivity (Wildman–Crippen MR) is 105 cm³/mol. The van der Waals surface area contributed by atoms with Crippen LogP contribution in [0, 0.1) is 0 Å². The molecule has 0 aliphatic rings. The van der Waals surface area contributed by atoms with Gasteiger partial charge in [-0.15, -0.1) is 0 Å². The maximum Gasteiger partial charge on any atom is 0.416 e. The molecule has 3 aromatic rings. The van der Waals surface area contributed by atoms with Gasteiger partial charge in [0.1, 0.15) is 0 Å². The molecule has 0 fully saturated rings. The van der Waals surface area contributed by atoms with Gasteiger partial charge in [0.2, 0.25) is 0 Å². The summed E-state index contributed by atoms with van der Waals surface area (Å²) in [6.07, 6.45) is -2.90. The minimum Gasteiger partial charge on any atom is -0.308 e. The molecule has 142 valence electrons. The number of alkyl halides is 3. The second kappa shape index (κ2) is 8.13. The van der Waals surface area contributed by atoms with Crippen molar-refractivity contribution in [3.8, 4) is 0 Å². The number of rotatable bonds is 6. The molecule has 0 saturated heterocycles. The first kappa shape index (κ1) is 19.4. The summed E-state index contributed by atoms with van der Waals surface area (Å²) in [5.41, 5.74) is 1.38. The Bertz CT molecular complexity index is 896. The number of hydrogen-bond acceptors (Lipinski definition) is 1. The van der Waals surface area contributed by atoms with Crippen LogP contribution in [0.2, 0.25) is 0 Å². The lowest BCUT2D eigenvalue weighted by Gasteiger charge is -2.22. The van der Waals surface area contributed by atoms with Crippen molar-refractivity contribution in [3.05, 3.63) is 83.4 Å². The molecule has 0 bridgehead atoms. The Morgan fingerprint density at radius 2 is 1.59 bits per heavy atom. The van der Waals surface area contributed by atoms with E-state index in [0.717, 1.165) is 18.1 Å². The minimum atomic E-state index is -4.29. The van der Waals surface area contributed by atoms with Crippen LogP contribution in [0.15, 0.2) is 66.7 Å². The first-order valence-corrected chi connectivity index (χ1v) is 9.24. The van der Waals surface area contributed by atoms with Crippen molar-refractivity contribution in [1.82, 2.24) is 5.32 Å². The van der Waals surface area contributed by atoms with Crippen molar-refractivity contribution < 1.29 is 13.2 Å². The van der Waals surface area contributed by atoms with E-state index < -0.39 is 11.7 Å². The zero-order valence-corrected chi connectivity index (χ0v) is 15.6. The molecule has 0 aliphatic carbocycles. The molecule has 0 spiro atoms. The summed E-state index contributed by atoms with van der Waals surface area (Å²) < 4.78 is 38.5. The Labute approximate surface area is 158 Å². The lowest BCUT2D eigenvalue weighted by atomic mass is 9.98. The fraction of sp³-hybridized carbons (Fsp3) is 0.304. The first-order valence-electron chi connectivity index (χ1n) is 9.24. The molecule has 3 rings (SSSR count). The highest BCUT2D eigenvalue weighted by atomic mass is 19.4. The molecule has 4 heteroatoms. The van der Waals surface area contributed by atoms with E-state index in [9.17, 15) is 13.2 Å². The highest BCUT2D eigenvalue weighted by Crippen LogP contribution is 2.30. The predicted octanol–water partition coefficient (Wildman–Crippen LogP) is 6.53. The van der Waals surface area contributed by atoms with E-state index in [1.165, 1.54) is 28.5 Å².